The largest absolute Gasteiger partial charge is 0.237 e. The third-order valence-corrected chi connectivity index (χ3v) is 2.06. The third kappa shape index (κ3) is 1.78. The predicted octanol–water partition coefficient (Wildman–Crippen LogP) is 2.41. The summed E-state index contributed by atoms with van der Waals surface area (Å²) in [7, 11) is 0. The average Bonchev–Trinajstić information content (AvgIpc) is 2.18. The molecule has 0 amide bonds. The van der Waals surface area contributed by atoms with Crippen molar-refractivity contribution in [1.29, 1.82) is 0 Å². The van der Waals surface area contributed by atoms with Gasteiger partial charge in [0, 0.05) is 29.6 Å². The zero-order valence-electron chi connectivity index (χ0n) is 7.07. The van der Waals surface area contributed by atoms with E-state index in [2.05, 4.69) is 9.97 Å². The van der Waals surface area contributed by atoms with Gasteiger partial charge >= 0.3 is 0 Å². The van der Waals surface area contributed by atoms with E-state index in [1.165, 1.54) is 0 Å². The van der Waals surface area contributed by atoms with Crippen molar-refractivity contribution in [2.24, 2.45) is 0 Å². The number of rotatable bonds is 2. The molecule has 2 heterocycles. The second-order valence-electron chi connectivity index (χ2n) is 2.79. The molecule has 0 spiro atoms. The van der Waals surface area contributed by atoms with E-state index in [0.29, 0.717) is 5.88 Å². The summed E-state index contributed by atoms with van der Waals surface area (Å²) in [4.78, 5) is 8.54. The van der Waals surface area contributed by atoms with Gasteiger partial charge in [-0.05, 0) is 24.3 Å². The minimum Gasteiger partial charge on any atom is -0.237 e. The van der Waals surface area contributed by atoms with Gasteiger partial charge in [-0.25, -0.2) is 9.97 Å². The maximum atomic E-state index is 5.63. The van der Waals surface area contributed by atoms with Crippen molar-refractivity contribution in [3.8, 4) is 0 Å². The van der Waals surface area contributed by atoms with Crippen LogP contribution in [-0.4, -0.2) is 15.8 Å². The number of alkyl halides is 1. The molecule has 0 aliphatic carbocycles. The zero-order valence-corrected chi connectivity index (χ0v) is 7.83. The smallest absolute Gasteiger partial charge is 0.159 e. The Morgan fingerprint density at radius 2 is 2.15 bits per heavy atom. The summed E-state index contributed by atoms with van der Waals surface area (Å²) in [5.74, 6) is 0.603. The SMILES string of the molecule is ClCCc1ccc2cccnc2n1. The fourth-order valence-corrected chi connectivity index (χ4v) is 1.42. The molecule has 0 saturated carbocycles. The van der Waals surface area contributed by atoms with Gasteiger partial charge in [0.05, 0.1) is 0 Å². The Morgan fingerprint density at radius 1 is 1.23 bits per heavy atom. The molecular formula is C10H9ClN2. The first kappa shape index (κ1) is 8.45. The molecule has 0 fully saturated rings. The van der Waals surface area contributed by atoms with E-state index in [1.54, 1.807) is 6.20 Å². The van der Waals surface area contributed by atoms with E-state index in [9.17, 15) is 0 Å². The number of pyridine rings is 2. The third-order valence-electron chi connectivity index (χ3n) is 1.87. The van der Waals surface area contributed by atoms with Crippen molar-refractivity contribution in [3.05, 3.63) is 36.2 Å². The first-order valence-corrected chi connectivity index (χ1v) is 4.70. The fraction of sp³-hybridized carbons (Fsp3) is 0.200. The first-order chi connectivity index (χ1) is 6.40. The van der Waals surface area contributed by atoms with Crippen LogP contribution in [0.15, 0.2) is 30.5 Å². The van der Waals surface area contributed by atoms with Gasteiger partial charge in [0.2, 0.25) is 0 Å². The van der Waals surface area contributed by atoms with Crippen LogP contribution in [0.1, 0.15) is 5.69 Å². The van der Waals surface area contributed by atoms with E-state index < -0.39 is 0 Å². The van der Waals surface area contributed by atoms with Crippen LogP contribution in [0.3, 0.4) is 0 Å². The Hall–Kier alpha value is -1.15. The number of aryl methyl sites for hydroxylation is 1. The minimum atomic E-state index is 0.603. The molecule has 0 aliphatic heterocycles. The molecular weight excluding hydrogens is 184 g/mol. The minimum absolute atomic E-state index is 0.603. The van der Waals surface area contributed by atoms with Gasteiger partial charge < -0.3 is 0 Å². The van der Waals surface area contributed by atoms with Crippen molar-refractivity contribution >= 4 is 22.6 Å². The van der Waals surface area contributed by atoms with Crippen LogP contribution in [-0.2, 0) is 6.42 Å². The molecule has 2 aromatic heterocycles. The van der Waals surface area contributed by atoms with E-state index in [-0.39, 0.29) is 0 Å². The summed E-state index contributed by atoms with van der Waals surface area (Å²) in [5, 5.41) is 1.07. The van der Waals surface area contributed by atoms with Crippen molar-refractivity contribution in [3.63, 3.8) is 0 Å². The molecule has 13 heavy (non-hydrogen) atoms. The first-order valence-electron chi connectivity index (χ1n) is 4.17. The van der Waals surface area contributed by atoms with Crippen LogP contribution < -0.4 is 0 Å². The summed E-state index contributed by atoms with van der Waals surface area (Å²) in [6.07, 6.45) is 2.55. The number of nitrogens with zero attached hydrogens (tertiary/aromatic N) is 2. The molecule has 0 saturated heterocycles. The lowest BCUT2D eigenvalue weighted by Crippen LogP contribution is -1.92. The highest BCUT2D eigenvalue weighted by molar-refractivity contribution is 6.17. The van der Waals surface area contributed by atoms with E-state index in [0.717, 1.165) is 23.1 Å². The maximum Gasteiger partial charge on any atom is 0.159 e. The Labute approximate surface area is 81.6 Å². The van der Waals surface area contributed by atoms with E-state index in [1.807, 2.05) is 24.3 Å². The molecule has 2 nitrogen and oxygen atoms in total. The molecule has 0 unspecified atom stereocenters. The topological polar surface area (TPSA) is 25.8 Å². The Bertz CT molecular complexity index is 414. The zero-order chi connectivity index (χ0) is 9.10. The lowest BCUT2D eigenvalue weighted by Gasteiger charge is -1.98. The molecule has 0 aromatic carbocycles. The highest BCUT2D eigenvalue weighted by atomic mass is 35.5. The Morgan fingerprint density at radius 3 is 3.00 bits per heavy atom. The van der Waals surface area contributed by atoms with Crippen molar-refractivity contribution in [2.75, 3.05) is 5.88 Å². The number of fused-ring (bicyclic) bond motifs is 1. The molecule has 3 heteroatoms. The highest BCUT2D eigenvalue weighted by Gasteiger charge is 1.97. The van der Waals surface area contributed by atoms with Crippen LogP contribution in [0.25, 0.3) is 11.0 Å². The van der Waals surface area contributed by atoms with Crippen molar-refractivity contribution in [2.45, 2.75) is 6.42 Å². The van der Waals surface area contributed by atoms with Crippen LogP contribution in [0.5, 0.6) is 0 Å². The number of hydrogen-bond acceptors (Lipinski definition) is 2. The van der Waals surface area contributed by atoms with Crippen LogP contribution >= 0.6 is 11.6 Å². The summed E-state index contributed by atoms with van der Waals surface area (Å²) in [6.45, 7) is 0. The van der Waals surface area contributed by atoms with E-state index in [4.69, 9.17) is 11.6 Å². The number of hydrogen-bond donors (Lipinski definition) is 0. The second kappa shape index (κ2) is 3.71. The molecule has 0 atom stereocenters. The monoisotopic (exact) mass is 192 g/mol. The van der Waals surface area contributed by atoms with Gasteiger partial charge in [-0.1, -0.05) is 0 Å². The summed E-state index contributed by atoms with van der Waals surface area (Å²) >= 11 is 5.63. The second-order valence-corrected chi connectivity index (χ2v) is 3.17. The molecule has 0 aliphatic rings. The number of halogens is 1. The van der Waals surface area contributed by atoms with Gasteiger partial charge in [-0.15, -0.1) is 11.6 Å². The summed E-state index contributed by atoms with van der Waals surface area (Å²) in [6, 6.07) is 7.93. The Kier molecular flexibility index (Phi) is 2.41. The van der Waals surface area contributed by atoms with Gasteiger partial charge in [-0.3, -0.25) is 0 Å². The number of aromatic nitrogens is 2. The van der Waals surface area contributed by atoms with Crippen LogP contribution in [0.4, 0.5) is 0 Å². The Balaban J connectivity index is 2.49. The van der Waals surface area contributed by atoms with Crippen molar-refractivity contribution < 1.29 is 0 Å². The van der Waals surface area contributed by atoms with Gasteiger partial charge in [0.15, 0.2) is 5.65 Å². The molecule has 0 radical (unpaired) electrons. The predicted molar refractivity (Wildman–Crippen MR) is 54.0 cm³/mol. The highest BCUT2D eigenvalue weighted by Crippen LogP contribution is 2.09. The normalized spacial score (nSPS) is 10.5. The molecule has 2 aromatic rings. The van der Waals surface area contributed by atoms with E-state index >= 15 is 0 Å². The molecule has 2 rings (SSSR count). The van der Waals surface area contributed by atoms with Gasteiger partial charge in [-0.2, -0.15) is 0 Å². The lowest BCUT2D eigenvalue weighted by atomic mass is 10.2. The van der Waals surface area contributed by atoms with Crippen LogP contribution in [0, 0.1) is 0 Å². The van der Waals surface area contributed by atoms with Gasteiger partial charge in [0.1, 0.15) is 0 Å². The summed E-state index contributed by atoms with van der Waals surface area (Å²) < 4.78 is 0. The summed E-state index contributed by atoms with van der Waals surface area (Å²) in [5.41, 5.74) is 1.80. The van der Waals surface area contributed by atoms with Crippen molar-refractivity contribution in [1.82, 2.24) is 9.97 Å². The lowest BCUT2D eigenvalue weighted by molar-refractivity contribution is 1.05. The fourth-order valence-electron chi connectivity index (χ4n) is 1.23. The molecule has 0 bridgehead atoms. The quantitative estimate of drug-likeness (QED) is 0.683. The molecule has 0 N–H and O–H groups in total. The molecule has 66 valence electrons. The van der Waals surface area contributed by atoms with Crippen LogP contribution in [0.2, 0.25) is 0 Å². The average molecular weight is 193 g/mol. The van der Waals surface area contributed by atoms with Gasteiger partial charge in [0.25, 0.3) is 0 Å². The standard InChI is InChI=1S/C10H9ClN2/c11-6-5-9-4-3-8-2-1-7-12-10(8)13-9/h1-4,7H,5-6H2. The maximum absolute atomic E-state index is 5.63.